The zero-order valence-electron chi connectivity index (χ0n) is 11.7. The van der Waals surface area contributed by atoms with E-state index in [2.05, 4.69) is 24.8 Å². The minimum atomic E-state index is -0.569. The van der Waals surface area contributed by atoms with Gasteiger partial charge in [0.25, 0.3) is 0 Å². The van der Waals surface area contributed by atoms with E-state index < -0.39 is 6.10 Å². The topological polar surface area (TPSA) is 73.3 Å². The Kier molecular flexibility index (Phi) is 6.34. The summed E-state index contributed by atoms with van der Waals surface area (Å²) in [6.45, 7) is 6.36. The van der Waals surface area contributed by atoms with E-state index in [-0.39, 0.29) is 0 Å². The van der Waals surface area contributed by atoms with Crippen LogP contribution >= 0.6 is 0 Å². The summed E-state index contributed by atoms with van der Waals surface area (Å²) in [6, 6.07) is 9.46. The lowest BCUT2D eigenvalue weighted by Gasteiger charge is -2.26. The fourth-order valence-electron chi connectivity index (χ4n) is 2.10. The Morgan fingerprint density at radius 2 is 2.11 bits per heavy atom. The average molecular weight is 261 g/mol. The number of nitrogens with two attached hydrogens (primary N) is 1. The van der Waals surface area contributed by atoms with Gasteiger partial charge in [-0.1, -0.05) is 26.0 Å². The SMILES string of the molecule is CC(C)CN(CCC#N)CC(O)c1cccc(N)c1. The molecule has 1 rings (SSSR count). The lowest BCUT2D eigenvalue weighted by atomic mass is 10.1. The normalized spacial score (nSPS) is 12.6. The minimum absolute atomic E-state index is 0.483. The lowest BCUT2D eigenvalue weighted by molar-refractivity contribution is 0.107. The fourth-order valence-corrected chi connectivity index (χ4v) is 2.10. The van der Waals surface area contributed by atoms with Gasteiger partial charge in [-0.3, -0.25) is 4.90 Å². The molecule has 0 bridgehead atoms. The van der Waals surface area contributed by atoms with Crippen LogP contribution in [0.2, 0.25) is 0 Å². The summed E-state index contributed by atoms with van der Waals surface area (Å²) in [4.78, 5) is 2.13. The fraction of sp³-hybridized carbons (Fsp3) is 0.533. The van der Waals surface area contributed by atoms with Crippen molar-refractivity contribution in [3.63, 3.8) is 0 Å². The molecule has 0 heterocycles. The molecule has 4 heteroatoms. The van der Waals surface area contributed by atoms with E-state index in [1.54, 1.807) is 12.1 Å². The molecule has 0 aliphatic heterocycles. The number of nitriles is 1. The number of anilines is 1. The molecule has 0 fully saturated rings. The molecule has 0 saturated carbocycles. The molecule has 1 aromatic rings. The van der Waals surface area contributed by atoms with Crippen molar-refractivity contribution in [3.05, 3.63) is 29.8 Å². The number of hydrogen-bond acceptors (Lipinski definition) is 4. The maximum atomic E-state index is 10.2. The largest absolute Gasteiger partial charge is 0.399 e. The third-order valence-electron chi connectivity index (χ3n) is 2.89. The van der Waals surface area contributed by atoms with Gasteiger partial charge in [0.15, 0.2) is 0 Å². The van der Waals surface area contributed by atoms with Gasteiger partial charge in [0.05, 0.1) is 12.2 Å². The number of aliphatic hydroxyl groups is 1. The smallest absolute Gasteiger partial charge is 0.0917 e. The highest BCUT2D eigenvalue weighted by Gasteiger charge is 2.14. The molecule has 1 aromatic carbocycles. The highest BCUT2D eigenvalue weighted by molar-refractivity contribution is 5.41. The van der Waals surface area contributed by atoms with E-state index >= 15 is 0 Å². The van der Waals surface area contributed by atoms with Crippen molar-refractivity contribution in [2.45, 2.75) is 26.4 Å². The number of rotatable bonds is 7. The van der Waals surface area contributed by atoms with Gasteiger partial charge < -0.3 is 10.8 Å². The Labute approximate surface area is 115 Å². The Morgan fingerprint density at radius 3 is 2.68 bits per heavy atom. The van der Waals surface area contributed by atoms with Crippen LogP contribution in [0.25, 0.3) is 0 Å². The predicted octanol–water partition coefficient (Wildman–Crippen LogP) is 2.17. The van der Waals surface area contributed by atoms with Crippen molar-refractivity contribution in [2.75, 3.05) is 25.4 Å². The van der Waals surface area contributed by atoms with Gasteiger partial charge in [0.1, 0.15) is 0 Å². The van der Waals surface area contributed by atoms with Crippen molar-refractivity contribution in [1.82, 2.24) is 4.90 Å². The number of hydrogen-bond donors (Lipinski definition) is 2. The molecule has 0 aliphatic rings. The van der Waals surface area contributed by atoms with Crippen LogP contribution < -0.4 is 5.73 Å². The van der Waals surface area contributed by atoms with Gasteiger partial charge in [-0.25, -0.2) is 0 Å². The van der Waals surface area contributed by atoms with E-state index in [4.69, 9.17) is 11.0 Å². The van der Waals surface area contributed by atoms with Crippen LogP contribution in [-0.2, 0) is 0 Å². The molecule has 4 nitrogen and oxygen atoms in total. The first kappa shape index (κ1) is 15.5. The second-order valence-electron chi connectivity index (χ2n) is 5.25. The summed E-state index contributed by atoms with van der Waals surface area (Å²) in [7, 11) is 0. The number of nitrogens with zero attached hydrogens (tertiary/aromatic N) is 2. The van der Waals surface area contributed by atoms with Crippen LogP contribution in [0.15, 0.2) is 24.3 Å². The Morgan fingerprint density at radius 1 is 1.37 bits per heavy atom. The third-order valence-corrected chi connectivity index (χ3v) is 2.89. The monoisotopic (exact) mass is 261 g/mol. The lowest BCUT2D eigenvalue weighted by Crippen LogP contribution is -2.32. The molecule has 0 spiro atoms. The predicted molar refractivity (Wildman–Crippen MR) is 77.3 cm³/mol. The van der Waals surface area contributed by atoms with Crippen molar-refractivity contribution >= 4 is 5.69 Å². The Bertz CT molecular complexity index is 426. The maximum Gasteiger partial charge on any atom is 0.0917 e. The van der Waals surface area contributed by atoms with Crippen LogP contribution in [0.5, 0.6) is 0 Å². The van der Waals surface area contributed by atoms with Crippen molar-refractivity contribution in [1.29, 1.82) is 5.26 Å². The standard InChI is InChI=1S/C15H23N3O/c1-12(2)10-18(8-4-7-16)11-15(19)13-5-3-6-14(17)9-13/h3,5-6,9,12,15,19H,4,8,10-11,17H2,1-2H3. The molecule has 1 unspecified atom stereocenters. The van der Waals surface area contributed by atoms with Crippen LogP contribution in [0.4, 0.5) is 5.69 Å². The maximum absolute atomic E-state index is 10.2. The average Bonchev–Trinajstić information content (AvgIpc) is 2.35. The van der Waals surface area contributed by atoms with E-state index in [1.165, 1.54) is 0 Å². The van der Waals surface area contributed by atoms with Crippen LogP contribution in [0.3, 0.4) is 0 Å². The Balaban J connectivity index is 2.64. The number of aliphatic hydroxyl groups excluding tert-OH is 1. The second-order valence-corrected chi connectivity index (χ2v) is 5.25. The van der Waals surface area contributed by atoms with Gasteiger partial charge >= 0.3 is 0 Å². The van der Waals surface area contributed by atoms with E-state index in [0.717, 1.165) is 12.1 Å². The van der Waals surface area contributed by atoms with E-state index in [0.29, 0.717) is 31.1 Å². The van der Waals surface area contributed by atoms with Gasteiger partial charge in [-0.15, -0.1) is 0 Å². The zero-order chi connectivity index (χ0) is 14.3. The summed E-state index contributed by atoms with van der Waals surface area (Å²) in [5.74, 6) is 0.506. The van der Waals surface area contributed by atoms with Gasteiger partial charge in [0, 0.05) is 31.7 Å². The molecule has 0 amide bonds. The molecule has 0 aromatic heterocycles. The molecule has 104 valence electrons. The van der Waals surface area contributed by atoms with Crippen molar-refractivity contribution in [2.24, 2.45) is 5.92 Å². The van der Waals surface area contributed by atoms with E-state index in [9.17, 15) is 5.11 Å². The first-order valence-corrected chi connectivity index (χ1v) is 6.65. The molecule has 19 heavy (non-hydrogen) atoms. The van der Waals surface area contributed by atoms with Crippen molar-refractivity contribution in [3.8, 4) is 6.07 Å². The van der Waals surface area contributed by atoms with Crippen LogP contribution in [0.1, 0.15) is 31.9 Å². The van der Waals surface area contributed by atoms with Gasteiger partial charge in [-0.2, -0.15) is 5.26 Å². The zero-order valence-corrected chi connectivity index (χ0v) is 11.7. The second kappa shape index (κ2) is 7.78. The highest BCUT2D eigenvalue weighted by Crippen LogP contribution is 2.17. The quantitative estimate of drug-likeness (QED) is 0.738. The minimum Gasteiger partial charge on any atom is -0.399 e. The van der Waals surface area contributed by atoms with Crippen LogP contribution in [-0.4, -0.2) is 29.6 Å². The third kappa shape index (κ3) is 5.73. The first-order chi connectivity index (χ1) is 9.02. The summed E-state index contributed by atoms with van der Waals surface area (Å²) in [6.07, 6.45) is -0.0861. The molecule has 0 aliphatic carbocycles. The summed E-state index contributed by atoms with van der Waals surface area (Å²) >= 11 is 0. The summed E-state index contributed by atoms with van der Waals surface area (Å²) in [5.41, 5.74) is 7.20. The van der Waals surface area contributed by atoms with Crippen LogP contribution in [0, 0.1) is 17.2 Å². The molecule has 3 N–H and O–H groups in total. The molecule has 1 atom stereocenters. The van der Waals surface area contributed by atoms with Gasteiger partial charge in [-0.05, 0) is 23.6 Å². The summed E-state index contributed by atoms with van der Waals surface area (Å²) in [5, 5.41) is 18.9. The molecular formula is C15H23N3O. The van der Waals surface area contributed by atoms with E-state index in [1.807, 2.05) is 12.1 Å². The van der Waals surface area contributed by atoms with Gasteiger partial charge in [0.2, 0.25) is 0 Å². The number of nitrogen functional groups attached to an aromatic ring is 1. The summed E-state index contributed by atoms with van der Waals surface area (Å²) < 4.78 is 0. The van der Waals surface area contributed by atoms with Crippen molar-refractivity contribution < 1.29 is 5.11 Å². The Hall–Kier alpha value is -1.57. The molecular weight excluding hydrogens is 238 g/mol. The molecule has 0 saturated heterocycles. The highest BCUT2D eigenvalue weighted by atomic mass is 16.3. The number of benzene rings is 1. The first-order valence-electron chi connectivity index (χ1n) is 6.65. The molecule has 0 radical (unpaired) electrons.